The fourth-order valence-corrected chi connectivity index (χ4v) is 0.968. The lowest BCUT2D eigenvalue weighted by Gasteiger charge is -2.07. The quantitative estimate of drug-likeness (QED) is 0.733. The Balaban J connectivity index is 2.64. The third kappa shape index (κ3) is 2.88. The summed E-state index contributed by atoms with van der Waals surface area (Å²) in [6, 6.07) is 4.29. The van der Waals surface area contributed by atoms with Crippen LogP contribution in [0.4, 0.5) is 4.39 Å². The van der Waals surface area contributed by atoms with Crippen molar-refractivity contribution in [2.24, 2.45) is 0 Å². The van der Waals surface area contributed by atoms with Crippen LogP contribution in [0.2, 0.25) is 0 Å². The Morgan fingerprint density at radius 3 is 2.86 bits per heavy atom. The Hall–Kier alpha value is -1.29. The first kappa shape index (κ1) is 10.8. The minimum absolute atomic E-state index is 0.0333. The Morgan fingerprint density at radius 2 is 2.21 bits per heavy atom. The average Bonchev–Trinajstić information content (AvgIpc) is 2.21. The van der Waals surface area contributed by atoms with Crippen LogP contribution in [0, 0.1) is 5.82 Å². The predicted molar refractivity (Wildman–Crippen MR) is 50.1 cm³/mol. The maximum atomic E-state index is 13.1. The molecule has 1 N–H and O–H groups in total. The summed E-state index contributed by atoms with van der Waals surface area (Å²) in [5.74, 6) is 0.270. The van der Waals surface area contributed by atoms with Crippen molar-refractivity contribution in [2.75, 3.05) is 20.3 Å². The van der Waals surface area contributed by atoms with E-state index >= 15 is 0 Å². The molecule has 0 aromatic heterocycles. The van der Waals surface area contributed by atoms with Crippen molar-refractivity contribution in [3.8, 4) is 11.5 Å². The molecule has 4 heteroatoms. The highest BCUT2D eigenvalue weighted by Gasteiger charge is 2.04. The molecule has 78 valence electrons. The maximum Gasteiger partial charge on any atom is 0.165 e. The van der Waals surface area contributed by atoms with Gasteiger partial charge in [0.15, 0.2) is 11.6 Å². The van der Waals surface area contributed by atoms with Gasteiger partial charge in [0.1, 0.15) is 5.75 Å². The molecule has 3 nitrogen and oxygen atoms in total. The molecule has 0 fully saturated rings. The third-order valence-electron chi connectivity index (χ3n) is 1.70. The number of ether oxygens (including phenoxy) is 2. The first-order valence-electron chi connectivity index (χ1n) is 4.35. The Bertz CT molecular complexity index is 289. The van der Waals surface area contributed by atoms with Gasteiger partial charge in [-0.1, -0.05) is 0 Å². The van der Waals surface area contributed by atoms with Crippen molar-refractivity contribution in [1.29, 1.82) is 0 Å². The highest BCUT2D eigenvalue weighted by atomic mass is 19.1. The SMILES string of the molecule is COc1ccc(F)c(OCCCO)c1. The van der Waals surface area contributed by atoms with Crippen LogP contribution in [-0.2, 0) is 0 Å². The molecule has 0 amide bonds. The van der Waals surface area contributed by atoms with Crippen molar-refractivity contribution in [1.82, 2.24) is 0 Å². The van der Waals surface area contributed by atoms with Crippen LogP contribution in [0.5, 0.6) is 11.5 Å². The van der Waals surface area contributed by atoms with Crippen LogP contribution in [0.1, 0.15) is 6.42 Å². The molecule has 0 saturated carbocycles. The molecule has 0 aliphatic rings. The van der Waals surface area contributed by atoms with Gasteiger partial charge in [0.05, 0.1) is 13.7 Å². The molecule has 0 bridgehead atoms. The summed E-state index contributed by atoms with van der Waals surface area (Å²) in [7, 11) is 1.50. The Kier molecular flexibility index (Phi) is 4.19. The van der Waals surface area contributed by atoms with Gasteiger partial charge in [0.2, 0.25) is 0 Å². The van der Waals surface area contributed by atoms with Gasteiger partial charge in [-0.2, -0.15) is 0 Å². The van der Waals surface area contributed by atoms with Crippen LogP contribution >= 0.6 is 0 Å². The number of benzene rings is 1. The fraction of sp³-hybridized carbons (Fsp3) is 0.400. The zero-order valence-corrected chi connectivity index (χ0v) is 8.00. The first-order chi connectivity index (χ1) is 6.77. The van der Waals surface area contributed by atoms with Crippen molar-refractivity contribution < 1.29 is 19.0 Å². The van der Waals surface area contributed by atoms with Gasteiger partial charge in [-0.25, -0.2) is 4.39 Å². The van der Waals surface area contributed by atoms with E-state index in [0.717, 1.165) is 0 Å². The molecule has 0 atom stereocenters. The van der Waals surface area contributed by atoms with Crippen LogP contribution in [0.15, 0.2) is 18.2 Å². The first-order valence-corrected chi connectivity index (χ1v) is 4.35. The summed E-state index contributed by atoms with van der Waals surface area (Å²) in [4.78, 5) is 0. The molecular weight excluding hydrogens is 187 g/mol. The summed E-state index contributed by atoms with van der Waals surface area (Å²) in [6.45, 7) is 0.326. The molecule has 1 aromatic rings. The topological polar surface area (TPSA) is 38.7 Å². The summed E-state index contributed by atoms with van der Waals surface area (Å²) in [6.07, 6.45) is 0.483. The minimum atomic E-state index is -0.427. The monoisotopic (exact) mass is 200 g/mol. The molecule has 1 aromatic carbocycles. The van der Waals surface area contributed by atoms with Crippen LogP contribution in [0.3, 0.4) is 0 Å². The Morgan fingerprint density at radius 1 is 1.43 bits per heavy atom. The highest BCUT2D eigenvalue weighted by molar-refractivity contribution is 5.34. The molecule has 0 spiro atoms. The number of hydrogen-bond acceptors (Lipinski definition) is 3. The summed E-state index contributed by atoms with van der Waals surface area (Å²) in [5.41, 5.74) is 0. The van der Waals surface area contributed by atoms with Crippen LogP contribution in [-0.4, -0.2) is 25.4 Å². The molecule has 14 heavy (non-hydrogen) atoms. The normalized spacial score (nSPS) is 9.93. The van der Waals surface area contributed by atoms with Crippen molar-refractivity contribution in [3.63, 3.8) is 0 Å². The summed E-state index contributed by atoms with van der Waals surface area (Å²) >= 11 is 0. The average molecular weight is 200 g/mol. The second-order valence-electron chi connectivity index (χ2n) is 2.72. The molecule has 0 saturated heterocycles. The van der Waals surface area contributed by atoms with Gasteiger partial charge < -0.3 is 14.6 Å². The standard InChI is InChI=1S/C10H13FO3/c1-13-8-3-4-9(11)10(7-8)14-6-2-5-12/h3-4,7,12H,2,5-6H2,1H3. The lowest BCUT2D eigenvalue weighted by molar-refractivity contribution is 0.228. The summed E-state index contributed by atoms with van der Waals surface area (Å²) < 4.78 is 23.1. The maximum absolute atomic E-state index is 13.1. The molecule has 0 aliphatic carbocycles. The number of methoxy groups -OCH3 is 1. The second-order valence-corrected chi connectivity index (χ2v) is 2.72. The number of rotatable bonds is 5. The molecule has 0 aliphatic heterocycles. The lowest BCUT2D eigenvalue weighted by Crippen LogP contribution is -2.01. The molecule has 0 heterocycles. The van der Waals surface area contributed by atoms with E-state index in [1.807, 2.05) is 0 Å². The van der Waals surface area contributed by atoms with Gasteiger partial charge in [-0.05, 0) is 12.1 Å². The van der Waals surface area contributed by atoms with Gasteiger partial charge in [-0.15, -0.1) is 0 Å². The van der Waals surface area contributed by atoms with Gasteiger partial charge in [0, 0.05) is 19.1 Å². The van der Waals surface area contributed by atoms with E-state index in [1.54, 1.807) is 0 Å². The van der Waals surface area contributed by atoms with E-state index < -0.39 is 5.82 Å². The zero-order valence-electron chi connectivity index (χ0n) is 8.00. The third-order valence-corrected chi connectivity index (χ3v) is 1.70. The van der Waals surface area contributed by atoms with E-state index in [-0.39, 0.29) is 12.4 Å². The van der Waals surface area contributed by atoms with Gasteiger partial charge in [-0.3, -0.25) is 0 Å². The number of aliphatic hydroxyl groups is 1. The largest absolute Gasteiger partial charge is 0.497 e. The Labute approximate surface area is 82.1 Å². The zero-order chi connectivity index (χ0) is 10.4. The number of halogens is 1. The van der Waals surface area contributed by atoms with Crippen molar-refractivity contribution in [2.45, 2.75) is 6.42 Å². The van der Waals surface area contributed by atoms with Crippen LogP contribution in [0.25, 0.3) is 0 Å². The number of aliphatic hydroxyl groups excluding tert-OH is 1. The molecular formula is C10H13FO3. The van der Waals surface area contributed by atoms with E-state index in [9.17, 15) is 4.39 Å². The van der Waals surface area contributed by atoms with E-state index in [4.69, 9.17) is 14.6 Å². The smallest absolute Gasteiger partial charge is 0.165 e. The van der Waals surface area contributed by atoms with E-state index in [1.165, 1.54) is 25.3 Å². The highest BCUT2D eigenvalue weighted by Crippen LogP contribution is 2.23. The van der Waals surface area contributed by atoms with Gasteiger partial charge in [0.25, 0.3) is 0 Å². The molecule has 0 radical (unpaired) electrons. The van der Waals surface area contributed by atoms with E-state index in [0.29, 0.717) is 18.8 Å². The molecule has 1 rings (SSSR count). The van der Waals surface area contributed by atoms with E-state index in [2.05, 4.69) is 0 Å². The predicted octanol–water partition coefficient (Wildman–Crippen LogP) is 1.60. The minimum Gasteiger partial charge on any atom is -0.497 e. The second kappa shape index (κ2) is 5.44. The lowest BCUT2D eigenvalue weighted by atomic mass is 10.3. The molecule has 0 unspecified atom stereocenters. The number of hydrogen-bond donors (Lipinski definition) is 1. The van der Waals surface area contributed by atoms with Crippen molar-refractivity contribution >= 4 is 0 Å². The summed E-state index contributed by atoms with van der Waals surface area (Å²) in [5, 5.41) is 8.52. The van der Waals surface area contributed by atoms with Crippen molar-refractivity contribution in [3.05, 3.63) is 24.0 Å². The van der Waals surface area contributed by atoms with Crippen LogP contribution < -0.4 is 9.47 Å². The fourth-order valence-electron chi connectivity index (χ4n) is 0.968. The van der Waals surface area contributed by atoms with Gasteiger partial charge >= 0.3 is 0 Å².